The summed E-state index contributed by atoms with van der Waals surface area (Å²) >= 11 is 0. The summed E-state index contributed by atoms with van der Waals surface area (Å²) < 4.78 is 6.10. The van der Waals surface area contributed by atoms with Crippen molar-refractivity contribution in [2.45, 2.75) is 6.54 Å². The molecule has 5 heteroatoms. The molecule has 0 saturated heterocycles. The largest absolute Gasteiger partial charge is 0.464 e. The predicted octanol–water partition coefficient (Wildman–Crippen LogP) is 0.438. The molecule has 0 amide bonds. The minimum Gasteiger partial charge on any atom is -0.464 e. The lowest BCUT2D eigenvalue weighted by atomic mass is 10.4. The van der Waals surface area contributed by atoms with Crippen LogP contribution in [0.5, 0.6) is 0 Å². The van der Waals surface area contributed by atoms with Crippen LogP contribution < -0.4 is 5.73 Å². The van der Waals surface area contributed by atoms with Crippen molar-refractivity contribution in [1.29, 1.82) is 0 Å². The van der Waals surface area contributed by atoms with Crippen LogP contribution in [0.25, 0.3) is 0 Å². The average molecular weight is 181 g/mol. The Morgan fingerprint density at radius 2 is 2.62 bits per heavy atom. The van der Waals surface area contributed by atoms with Gasteiger partial charge in [0.15, 0.2) is 5.69 Å². The molecule has 0 bridgehead atoms. The smallest absolute Gasteiger partial charge is 0.360 e. The number of anilines is 1. The van der Waals surface area contributed by atoms with Gasteiger partial charge in [-0.05, 0) is 0 Å². The molecule has 0 aliphatic carbocycles. The molecule has 0 radical (unpaired) electrons. The number of nitrogens with zero attached hydrogens (tertiary/aromatic N) is 2. The summed E-state index contributed by atoms with van der Waals surface area (Å²) in [5, 5.41) is 0. The average Bonchev–Trinajstić information content (AvgIpc) is 2.48. The van der Waals surface area contributed by atoms with Gasteiger partial charge in [-0.15, -0.1) is 6.58 Å². The first-order chi connectivity index (χ1) is 6.20. The minimum atomic E-state index is -0.527. The van der Waals surface area contributed by atoms with Gasteiger partial charge in [-0.2, -0.15) is 0 Å². The molecule has 0 fully saturated rings. The number of ether oxygens (including phenoxy) is 1. The van der Waals surface area contributed by atoms with Crippen LogP contribution in [0.3, 0.4) is 0 Å². The molecule has 1 heterocycles. The van der Waals surface area contributed by atoms with Crippen LogP contribution in [0, 0.1) is 0 Å². The van der Waals surface area contributed by atoms with E-state index in [2.05, 4.69) is 16.3 Å². The van der Waals surface area contributed by atoms with Gasteiger partial charge in [0.1, 0.15) is 5.82 Å². The molecule has 70 valence electrons. The molecular weight excluding hydrogens is 170 g/mol. The summed E-state index contributed by atoms with van der Waals surface area (Å²) in [7, 11) is 1.29. The highest BCUT2D eigenvalue weighted by atomic mass is 16.5. The SMILES string of the molecule is C=CCn1cnc(C(=O)OC)c1N. The number of methoxy groups -OCH3 is 1. The Hall–Kier alpha value is -1.78. The molecule has 1 aromatic rings. The maximum Gasteiger partial charge on any atom is 0.360 e. The van der Waals surface area contributed by atoms with Gasteiger partial charge >= 0.3 is 5.97 Å². The molecule has 2 N–H and O–H groups in total. The maximum atomic E-state index is 11.0. The zero-order chi connectivity index (χ0) is 9.84. The second-order valence-electron chi connectivity index (χ2n) is 2.41. The van der Waals surface area contributed by atoms with Crippen LogP contribution in [-0.2, 0) is 11.3 Å². The Labute approximate surface area is 75.8 Å². The van der Waals surface area contributed by atoms with E-state index in [4.69, 9.17) is 5.73 Å². The molecule has 1 aromatic heterocycles. The molecule has 0 atom stereocenters. The lowest BCUT2D eigenvalue weighted by molar-refractivity contribution is 0.0596. The predicted molar refractivity (Wildman–Crippen MR) is 48.2 cm³/mol. The summed E-state index contributed by atoms with van der Waals surface area (Å²) in [6.07, 6.45) is 3.14. The standard InChI is InChI=1S/C8H11N3O2/c1-3-4-11-5-10-6(7(11)9)8(12)13-2/h3,5H,1,4,9H2,2H3. The van der Waals surface area contributed by atoms with E-state index in [1.54, 1.807) is 10.6 Å². The number of carbonyl (C=O) groups excluding carboxylic acids is 1. The normalized spacial score (nSPS) is 9.62. The fourth-order valence-electron chi connectivity index (χ4n) is 0.930. The number of carbonyl (C=O) groups is 1. The Morgan fingerprint density at radius 1 is 1.92 bits per heavy atom. The van der Waals surface area contributed by atoms with Gasteiger partial charge in [0.2, 0.25) is 0 Å². The number of nitrogens with two attached hydrogens (primary N) is 1. The van der Waals surface area contributed by atoms with E-state index in [1.165, 1.54) is 13.4 Å². The number of nitrogen functional groups attached to an aromatic ring is 1. The fraction of sp³-hybridized carbons (Fsp3) is 0.250. The molecule has 0 unspecified atom stereocenters. The summed E-state index contributed by atoms with van der Waals surface area (Å²) in [6, 6.07) is 0. The molecule has 0 saturated carbocycles. The van der Waals surface area contributed by atoms with Crippen LogP contribution >= 0.6 is 0 Å². The van der Waals surface area contributed by atoms with Gasteiger partial charge in [0, 0.05) is 6.54 Å². The van der Waals surface area contributed by atoms with E-state index in [-0.39, 0.29) is 5.69 Å². The van der Waals surface area contributed by atoms with Gasteiger partial charge in [0.05, 0.1) is 13.4 Å². The Morgan fingerprint density at radius 3 is 3.15 bits per heavy atom. The number of allylic oxidation sites excluding steroid dienone is 1. The first-order valence-electron chi connectivity index (χ1n) is 3.70. The molecular formula is C8H11N3O2. The summed E-state index contributed by atoms with van der Waals surface area (Å²) in [5.41, 5.74) is 5.76. The van der Waals surface area contributed by atoms with Gasteiger partial charge in [-0.1, -0.05) is 6.08 Å². The fourth-order valence-corrected chi connectivity index (χ4v) is 0.930. The van der Waals surface area contributed by atoms with E-state index in [0.717, 1.165) is 0 Å². The van der Waals surface area contributed by atoms with Crippen LogP contribution in [0.15, 0.2) is 19.0 Å². The zero-order valence-electron chi connectivity index (χ0n) is 7.36. The molecule has 0 aliphatic rings. The van der Waals surface area contributed by atoms with E-state index in [0.29, 0.717) is 12.4 Å². The zero-order valence-corrected chi connectivity index (χ0v) is 7.36. The number of hydrogen-bond donors (Lipinski definition) is 1. The number of esters is 1. The highest BCUT2D eigenvalue weighted by Crippen LogP contribution is 2.10. The summed E-state index contributed by atoms with van der Waals surface area (Å²) in [5.74, 6) is -0.230. The van der Waals surface area contributed by atoms with Gasteiger partial charge in [-0.25, -0.2) is 9.78 Å². The third-order valence-corrected chi connectivity index (χ3v) is 1.58. The van der Waals surface area contributed by atoms with Crippen LogP contribution in [0.1, 0.15) is 10.5 Å². The highest BCUT2D eigenvalue weighted by Gasteiger charge is 2.14. The van der Waals surface area contributed by atoms with Gasteiger partial charge in [0.25, 0.3) is 0 Å². The van der Waals surface area contributed by atoms with E-state index in [1.807, 2.05) is 0 Å². The quantitative estimate of drug-likeness (QED) is 0.542. The van der Waals surface area contributed by atoms with Crippen LogP contribution in [0.4, 0.5) is 5.82 Å². The van der Waals surface area contributed by atoms with Crippen molar-refractivity contribution in [3.8, 4) is 0 Å². The second-order valence-corrected chi connectivity index (χ2v) is 2.41. The number of rotatable bonds is 3. The number of aromatic nitrogens is 2. The Bertz CT molecular complexity index is 330. The topological polar surface area (TPSA) is 70.1 Å². The van der Waals surface area contributed by atoms with Gasteiger partial charge < -0.3 is 15.0 Å². The maximum absolute atomic E-state index is 11.0. The van der Waals surface area contributed by atoms with Crippen molar-refractivity contribution in [3.63, 3.8) is 0 Å². The second kappa shape index (κ2) is 3.75. The molecule has 1 rings (SSSR count). The van der Waals surface area contributed by atoms with Crippen molar-refractivity contribution in [3.05, 3.63) is 24.7 Å². The Balaban J connectivity index is 2.98. The first kappa shape index (κ1) is 9.31. The molecule has 5 nitrogen and oxygen atoms in total. The summed E-state index contributed by atoms with van der Waals surface area (Å²) in [4.78, 5) is 14.9. The van der Waals surface area contributed by atoms with Gasteiger partial charge in [-0.3, -0.25) is 0 Å². The monoisotopic (exact) mass is 181 g/mol. The molecule has 0 aliphatic heterocycles. The highest BCUT2D eigenvalue weighted by molar-refractivity contribution is 5.92. The summed E-state index contributed by atoms with van der Waals surface area (Å²) in [6.45, 7) is 4.07. The van der Waals surface area contributed by atoms with Crippen molar-refractivity contribution in [2.75, 3.05) is 12.8 Å². The molecule has 0 spiro atoms. The van der Waals surface area contributed by atoms with E-state index >= 15 is 0 Å². The number of imidazole rings is 1. The molecule has 0 aromatic carbocycles. The minimum absolute atomic E-state index is 0.143. The third-order valence-electron chi connectivity index (χ3n) is 1.58. The third kappa shape index (κ3) is 1.69. The van der Waals surface area contributed by atoms with Crippen molar-refractivity contribution in [2.24, 2.45) is 0 Å². The van der Waals surface area contributed by atoms with Crippen LogP contribution in [-0.4, -0.2) is 22.6 Å². The lowest BCUT2D eigenvalue weighted by Gasteiger charge is -2.00. The van der Waals surface area contributed by atoms with Crippen molar-refractivity contribution < 1.29 is 9.53 Å². The van der Waals surface area contributed by atoms with Crippen LogP contribution in [0.2, 0.25) is 0 Å². The van der Waals surface area contributed by atoms with E-state index in [9.17, 15) is 4.79 Å². The Kier molecular flexibility index (Phi) is 2.69. The van der Waals surface area contributed by atoms with E-state index < -0.39 is 5.97 Å². The van der Waals surface area contributed by atoms with Crippen molar-refractivity contribution >= 4 is 11.8 Å². The molecule has 13 heavy (non-hydrogen) atoms. The van der Waals surface area contributed by atoms with Crippen molar-refractivity contribution in [1.82, 2.24) is 9.55 Å². The number of hydrogen-bond acceptors (Lipinski definition) is 4. The lowest BCUT2D eigenvalue weighted by Crippen LogP contribution is -2.07. The first-order valence-corrected chi connectivity index (χ1v) is 3.70.